The van der Waals surface area contributed by atoms with Crippen LogP contribution in [0.2, 0.25) is 0 Å². The van der Waals surface area contributed by atoms with Crippen LogP contribution in [0.3, 0.4) is 0 Å². The summed E-state index contributed by atoms with van der Waals surface area (Å²) >= 11 is 1.33. The second-order valence-electron chi connectivity index (χ2n) is 5.84. The molecule has 1 aliphatic carbocycles. The van der Waals surface area contributed by atoms with Gasteiger partial charge < -0.3 is 10.6 Å². The van der Waals surface area contributed by atoms with E-state index in [-0.39, 0.29) is 18.5 Å². The van der Waals surface area contributed by atoms with E-state index in [9.17, 15) is 4.79 Å². The first-order chi connectivity index (χ1) is 11.2. The Balaban J connectivity index is 1.47. The average molecular weight is 331 g/mol. The van der Waals surface area contributed by atoms with Crippen LogP contribution in [-0.2, 0) is 4.79 Å². The van der Waals surface area contributed by atoms with E-state index in [1.54, 1.807) is 6.20 Å². The normalized spacial score (nSPS) is 16.2. The van der Waals surface area contributed by atoms with Crippen molar-refractivity contribution in [3.05, 3.63) is 35.9 Å². The zero-order chi connectivity index (χ0) is 16.1. The highest BCUT2D eigenvalue weighted by Crippen LogP contribution is 2.33. The van der Waals surface area contributed by atoms with Crippen molar-refractivity contribution in [3.8, 4) is 0 Å². The van der Waals surface area contributed by atoms with E-state index >= 15 is 0 Å². The summed E-state index contributed by atoms with van der Waals surface area (Å²) in [6.07, 6.45) is 6.61. The number of amides is 1. The van der Waals surface area contributed by atoms with E-state index in [2.05, 4.69) is 25.0 Å². The highest BCUT2D eigenvalue weighted by atomic mass is 32.1. The van der Waals surface area contributed by atoms with Crippen LogP contribution < -0.4 is 10.6 Å². The molecule has 0 spiro atoms. The lowest BCUT2D eigenvalue weighted by atomic mass is 10.1. The molecule has 2 N–H and O–H groups in total. The van der Waals surface area contributed by atoms with Crippen LogP contribution in [0.1, 0.15) is 56.1 Å². The van der Waals surface area contributed by atoms with Gasteiger partial charge in [-0.25, -0.2) is 4.98 Å². The van der Waals surface area contributed by atoms with Crippen molar-refractivity contribution in [2.45, 2.75) is 44.6 Å². The van der Waals surface area contributed by atoms with Gasteiger partial charge in [-0.2, -0.15) is 4.37 Å². The lowest BCUT2D eigenvalue weighted by Crippen LogP contribution is -2.32. The van der Waals surface area contributed by atoms with Crippen LogP contribution in [0.25, 0.3) is 0 Å². The van der Waals surface area contributed by atoms with Gasteiger partial charge >= 0.3 is 0 Å². The van der Waals surface area contributed by atoms with Gasteiger partial charge in [-0.15, -0.1) is 0 Å². The first kappa shape index (κ1) is 15.9. The highest BCUT2D eigenvalue weighted by Gasteiger charge is 2.21. The fourth-order valence-corrected chi connectivity index (χ4v) is 3.45. The maximum absolute atomic E-state index is 12.0. The Morgan fingerprint density at radius 3 is 2.96 bits per heavy atom. The molecular formula is C16H21N5OS. The first-order valence-corrected chi connectivity index (χ1v) is 8.77. The maximum Gasteiger partial charge on any atom is 0.239 e. The fraction of sp³-hybridized carbons (Fsp3) is 0.500. The summed E-state index contributed by atoms with van der Waals surface area (Å²) in [6, 6.07) is 5.55. The third kappa shape index (κ3) is 4.25. The van der Waals surface area contributed by atoms with Gasteiger partial charge in [0.15, 0.2) is 0 Å². The summed E-state index contributed by atoms with van der Waals surface area (Å²) in [5.74, 6) is 1.35. The summed E-state index contributed by atoms with van der Waals surface area (Å²) in [6.45, 7) is 2.11. The lowest BCUT2D eigenvalue weighted by molar-refractivity contribution is -0.120. The summed E-state index contributed by atoms with van der Waals surface area (Å²) in [5, 5.41) is 6.69. The van der Waals surface area contributed by atoms with Crippen LogP contribution >= 0.6 is 11.5 Å². The predicted octanol–water partition coefficient (Wildman–Crippen LogP) is 2.88. The van der Waals surface area contributed by atoms with E-state index in [4.69, 9.17) is 0 Å². The van der Waals surface area contributed by atoms with Gasteiger partial charge in [-0.05, 0) is 31.9 Å². The van der Waals surface area contributed by atoms with Crippen molar-refractivity contribution in [1.29, 1.82) is 0 Å². The van der Waals surface area contributed by atoms with E-state index in [0.29, 0.717) is 11.0 Å². The Hall–Kier alpha value is -2.02. The Labute approximate surface area is 139 Å². The number of rotatable bonds is 6. The second-order valence-corrected chi connectivity index (χ2v) is 6.59. The minimum atomic E-state index is -0.117. The van der Waals surface area contributed by atoms with E-state index < -0.39 is 0 Å². The standard InChI is InChI=1S/C16H21N5OS/c1-11(13-8-4-5-9-17-13)19-14(22)10-18-16-20-15(21-23-16)12-6-2-3-7-12/h4-5,8-9,11-12H,2-3,6-7,10H2,1H3,(H,19,22)(H,18,20,21). The maximum atomic E-state index is 12.0. The van der Waals surface area contributed by atoms with Gasteiger partial charge in [0.2, 0.25) is 11.0 Å². The van der Waals surface area contributed by atoms with Crippen molar-refractivity contribution < 1.29 is 4.79 Å². The van der Waals surface area contributed by atoms with Crippen LogP contribution in [0, 0.1) is 0 Å². The highest BCUT2D eigenvalue weighted by molar-refractivity contribution is 7.09. The number of carbonyl (C=O) groups excluding carboxylic acids is 1. The van der Waals surface area contributed by atoms with Gasteiger partial charge in [-0.3, -0.25) is 9.78 Å². The number of nitrogens with one attached hydrogen (secondary N) is 2. The van der Waals surface area contributed by atoms with Gasteiger partial charge in [0.25, 0.3) is 0 Å². The molecule has 1 amide bonds. The topological polar surface area (TPSA) is 79.8 Å². The van der Waals surface area contributed by atoms with Crippen LogP contribution in [-0.4, -0.2) is 26.8 Å². The Morgan fingerprint density at radius 1 is 1.39 bits per heavy atom. The molecule has 0 aromatic carbocycles. The van der Waals surface area contributed by atoms with Gasteiger partial charge in [0.1, 0.15) is 5.82 Å². The molecule has 0 aliphatic heterocycles. The largest absolute Gasteiger partial charge is 0.351 e. The minimum absolute atomic E-state index is 0.0826. The molecule has 1 atom stereocenters. The summed E-state index contributed by atoms with van der Waals surface area (Å²) in [5.41, 5.74) is 0.847. The molecule has 0 bridgehead atoms. The molecule has 1 fully saturated rings. The van der Waals surface area contributed by atoms with Crippen molar-refractivity contribution in [2.75, 3.05) is 11.9 Å². The van der Waals surface area contributed by atoms with Gasteiger partial charge in [0.05, 0.1) is 18.3 Å². The molecule has 2 aromatic rings. The molecule has 1 unspecified atom stereocenters. The molecule has 2 aromatic heterocycles. The van der Waals surface area contributed by atoms with E-state index in [1.807, 2.05) is 25.1 Å². The minimum Gasteiger partial charge on any atom is -0.351 e. The molecule has 23 heavy (non-hydrogen) atoms. The summed E-state index contributed by atoms with van der Waals surface area (Å²) in [4.78, 5) is 20.8. The molecule has 6 nitrogen and oxygen atoms in total. The quantitative estimate of drug-likeness (QED) is 0.851. The number of hydrogen-bond acceptors (Lipinski definition) is 6. The predicted molar refractivity (Wildman–Crippen MR) is 90.4 cm³/mol. The number of nitrogens with zero attached hydrogens (tertiary/aromatic N) is 3. The number of hydrogen-bond donors (Lipinski definition) is 2. The SMILES string of the molecule is CC(NC(=O)CNc1nc(C2CCCC2)ns1)c1ccccn1. The number of carbonyl (C=O) groups is 1. The third-order valence-corrected chi connectivity index (χ3v) is 4.76. The smallest absolute Gasteiger partial charge is 0.239 e. The molecule has 0 saturated heterocycles. The van der Waals surface area contributed by atoms with Gasteiger partial charge in [0, 0.05) is 23.6 Å². The zero-order valence-corrected chi connectivity index (χ0v) is 14.0. The van der Waals surface area contributed by atoms with Crippen molar-refractivity contribution >= 4 is 22.6 Å². The van der Waals surface area contributed by atoms with E-state index in [1.165, 1.54) is 37.2 Å². The number of anilines is 1. The van der Waals surface area contributed by atoms with Crippen LogP contribution in [0.5, 0.6) is 0 Å². The average Bonchev–Trinajstić information content (AvgIpc) is 3.25. The third-order valence-electron chi connectivity index (χ3n) is 4.07. The van der Waals surface area contributed by atoms with Crippen molar-refractivity contribution in [2.24, 2.45) is 0 Å². The lowest BCUT2D eigenvalue weighted by Gasteiger charge is -2.13. The van der Waals surface area contributed by atoms with E-state index in [0.717, 1.165) is 11.5 Å². The summed E-state index contributed by atoms with van der Waals surface area (Å²) < 4.78 is 4.41. The molecule has 0 radical (unpaired) electrons. The Bertz CT molecular complexity index is 639. The van der Waals surface area contributed by atoms with Crippen molar-refractivity contribution in [3.63, 3.8) is 0 Å². The fourth-order valence-electron chi connectivity index (χ4n) is 2.81. The second kappa shape index (κ2) is 7.50. The molecule has 1 saturated carbocycles. The zero-order valence-electron chi connectivity index (χ0n) is 13.2. The number of aromatic nitrogens is 3. The molecule has 7 heteroatoms. The first-order valence-electron chi connectivity index (χ1n) is 8.00. The van der Waals surface area contributed by atoms with Crippen LogP contribution in [0.15, 0.2) is 24.4 Å². The van der Waals surface area contributed by atoms with Gasteiger partial charge in [-0.1, -0.05) is 18.9 Å². The number of pyridine rings is 1. The van der Waals surface area contributed by atoms with Crippen LogP contribution in [0.4, 0.5) is 5.13 Å². The molecule has 2 heterocycles. The Kier molecular flexibility index (Phi) is 5.17. The monoisotopic (exact) mass is 331 g/mol. The molecule has 3 rings (SSSR count). The molecule has 122 valence electrons. The Morgan fingerprint density at radius 2 is 2.22 bits per heavy atom. The summed E-state index contributed by atoms with van der Waals surface area (Å²) in [7, 11) is 0. The molecular weight excluding hydrogens is 310 g/mol. The van der Waals surface area contributed by atoms with Crippen molar-refractivity contribution in [1.82, 2.24) is 19.7 Å². The molecule has 1 aliphatic rings.